The fraction of sp³-hybridized carbons (Fsp3) is 0.0667. The van der Waals surface area contributed by atoms with Gasteiger partial charge in [-0.2, -0.15) is 0 Å². The molecule has 0 radical (unpaired) electrons. The van der Waals surface area contributed by atoms with E-state index in [1.807, 2.05) is 48.5 Å². The van der Waals surface area contributed by atoms with Gasteiger partial charge < -0.3 is 10.3 Å². The second-order valence-corrected chi connectivity index (χ2v) is 4.37. The normalized spacial score (nSPS) is 10.7. The van der Waals surface area contributed by atoms with Crippen LogP contribution in [0.5, 0.6) is 0 Å². The summed E-state index contributed by atoms with van der Waals surface area (Å²) in [6, 6.07) is 15.1. The van der Waals surface area contributed by atoms with E-state index in [1.54, 1.807) is 4.57 Å². The van der Waals surface area contributed by atoms with Gasteiger partial charge in [-0.15, -0.1) is 0 Å². The Bertz CT molecular complexity index is 792. The first kappa shape index (κ1) is 11.5. The molecule has 0 saturated carbocycles. The Morgan fingerprint density at radius 1 is 1.05 bits per heavy atom. The predicted molar refractivity (Wildman–Crippen MR) is 76.0 cm³/mol. The molecule has 0 aliphatic heterocycles. The van der Waals surface area contributed by atoms with Gasteiger partial charge in [0.15, 0.2) is 0 Å². The third-order valence-electron chi connectivity index (χ3n) is 3.14. The van der Waals surface area contributed by atoms with Crippen LogP contribution >= 0.6 is 0 Å². The van der Waals surface area contributed by atoms with Gasteiger partial charge in [-0.05, 0) is 23.8 Å². The maximum atomic E-state index is 12.0. The summed E-state index contributed by atoms with van der Waals surface area (Å²) in [5, 5.41) is 0. The third-order valence-corrected chi connectivity index (χ3v) is 3.14. The van der Waals surface area contributed by atoms with Crippen LogP contribution in [0.15, 0.2) is 59.5 Å². The van der Waals surface area contributed by atoms with Crippen molar-refractivity contribution >= 4 is 16.7 Å². The molecule has 0 aliphatic carbocycles. The van der Waals surface area contributed by atoms with Crippen LogP contribution in [0.1, 0.15) is 5.56 Å². The predicted octanol–water partition coefficient (Wildman–Crippen LogP) is 2.03. The van der Waals surface area contributed by atoms with E-state index in [-0.39, 0.29) is 5.56 Å². The molecule has 1 heterocycles. The van der Waals surface area contributed by atoms with Crippen LogP contribution in [0, 0.1) is 0 Å². The number of nitrogens with zero attached hydrogens (tertiary/aromatic N) is 2. The number of nitrogen functional groups attached to an aromatic ring is 1. The third kappa shape index (κ3) is 2.08. The molecule has 0 saturated heterocycles. The van der Waals surface area contributed by atoms with Gasteiger partial charge in [0.05, 0.1) is 23.8 Å². The number of nitrogens with two attached hydrogens (primary N) is 1. The standard InChI is InChI=1S/C15H13N3O/c16-12-6-2-1-5-11(12)10-18-14-8-4-3-7-13(14)17-9-15(18)19/h1-9H,10,16H2. The molecule has 0 amide bonds. The van der Waals surface area contributed by atoms with Crippen molar-refractivity contribution in [3.05, 3.63) is 70.6 Å². The number of hydrogen-bond acceptors (Lipinski definition) is 3. The molecule has 3 rings (SSSR count). The fourth-order valence-corrected chi connectivity index (χ4v) is 2.13. The van der Waals surface area contributed by atoms with E-state index in [9.17, 15) is 4.79 Å². The number of rotatable bonds is 2. The number of fused-ring (bicyclic) bond motifs is 1. The Balaban J connectivity index is 2.18. The van der Waals surface area contributed by atoms with Crippen molar-refractivity contribution in [2.75, 3.05) is 5.73 Å². The van der Waals surface area contributed by atoms with Crippen LogP contribution in [-0.2, 0) is 6.54 Å². The Kier molecular flexibility index (Phi) is 2.76. The van der Waals surface area contributed by atoms with Crippen molar-refractivity contribution in [1.29, 1.82) is 0 Å². The fourth-order valence-electron chi connectivity index (χ4n) is 2.13. The highest BCUT2D eigenvalue weighted by atomic mass is 16.1. The van der Waals surface area contributed by atoms with Crippen LogP contribution < -0.4 is 11.3 Å². The second-order valence-electron chi connectivity index (χ2n) is 4.37. The highest BCUT2D eigenvalue weighted by Gasteiger charge is 2.06. The number of anilines is 1. The quantitative estimate of drug-likeness (QED) is 0.709. The van der Waals surface area contributed by atoms with Gasteiger partial charge >= 0.3 is 0 Å². The average Bonchev–Trinajstić information content (AvgIpc) is 2.44. The molecular formula is C15H13N3O. The van der Waals surface area contributed by atoms with Gasteiger partial charge in [0, 0.05) is 5.69 Å². The van der Waals surface area contributed by atoms with Crippen LogP contribution in [0.3, 0.4) is 0 Å². The zero-order valence-electron chi connectivity index (χ0n) is 10.3. The van der Waals surface area contributed by atoms with E-state index in [0.717, 1.165) is 16.6 Å². The van der Waals surface area contributed by atoms with Gasteiger partial charge in [0.1, 0.15) is 0 Å². The smallest absolute Gasteiger partial charge is 0.269 e. The van der Waals surface area contributed by atoms with E-state index in [0.29, 0.717) is 12.2 Å². The highest BCUT2D eigenvalue weighted by molar-refractivity contribution is 5.74. The Morgan fingerprint density at radius 3 is 2.63 bits per heavy atom. The van der Waals surface area contributed by atoms with E-state index < -0.39 is 0 Å². The molecule has 1 aromatic heterocycles. The summed E-state index contributed by atoms with van der Waals surface area (Å²) in [5.74, 6) is 0. The first-order valence-electron chi connectivity index (χ1n) is 6.03. The lowest BCUT2D eigenvalue weighted by atomic mass is 10.1. The molecule has 0 fully saturated rings. The summed E-state index contributed by atoms with van der Waals surface area (Å²) in [6.07, 6.45) is 1.35. The highest BCUT2D eigenvalue weighted by Crippen LogP contribution is 2.14. The zero-order valence-corrected chi connectivity index (χ0v) is 10.3. The van der Waals surface area contributed by atoms with Crippen LogP contribution in [0.25, 0.3) is 11.0 Å². The van der Waals surface area contributed by atoms with Gasteiger partial charge in [0.2, 0.25) is 0 Å². The van der Waals surface area contributed by atoms with E-state index in [1.165, 1.54) is 6.20 Å². The lowest BCUT2D eigenvalue weighted by molar-refractivity contribution is 0.788. The lowest BCUT2D eigenvalue weighted by Crippen LogP contribution is -2.21. The number of aromatic nitrogens is 2. The van der Waals surface area contributed by atoms with E-state index in [2.05, 4.69) is 4.98 Å². The number of para-hydroxylation sites is 3. The molecule has 0 bridgehead atoms. The van der Waals surface area contributed by atoms with E-state index in [4.69, 9.17) is 5.73 Å². The van der Waals surface area contributed by atoms with E-state index >= 15 is 0 Å². The molecule has 4 heteroatoms. The topological polar surface area (TPSA) is 60.9 Å². The molecule has 3 aromatic rings. The second kappa shape index (κ2) is 4.57. The molecule has 4 nitrogen and oxygen atoms in total. The molecule has 0 unspecified atom stereocenters. The summed E-state index contributed by atoms with van der Waals surface area (Å²) in [6.45, 7) is 0.453. The molecule has 94 valence electrons. The average molecular weight is 251 g/mol. The summed E-state index contributed by atoms with van der Waals surface area (Å²) in [7, 11) is 0. The molecule has 19 heavy (non-hydrogen) atoms. The molecule has 2 aromatic carbocycles. The van der Waals surface area contributed by atoms with Gasteiger partial charge in [-0.1, -0.05) is 30.3 Å². The van der Waals surface area contributed by atoms with Gasteiger partial charge in [-0.25, -0.2) is 4.98 Å². The molecule has 0 atom stereocenters. The first-order valence-corrected chi connectivity index (χ1v) is 6.03. The lowest BCUT2D eigenvalue weighted by Gasteiger charge is -2.11. The van der Waals surface area contributed by atoms with Gasteiger partial charge in [-0.3, -0.25) is 4.79 Å². The zero-order chi connectivity index (χ0) is 13.2. The first-order chi connectivity index (χ1) is 9.25. The summed E-state index contributed by atoms with van der Waals surface area (Å²) in [5.41, 5.74) is 9.05. The number of benzene rings is 2. The summed E-state index contributed by atoms with van der Waals surface area (Å²) >= 11 is 0. The maximum absolute atomic E-state index is 12.0. The van der Waals surface area contributed by atoms with Crippen molar-refractivity contribution in [2.24, 2.45) is 0 Å². The minimum atomic E-state index is -0.123. The SMILES string of the molecule is Nc1ccccc1Cn1c(=O)cnc2ccccc21. The minimum absolute atomic E-state index is 0.123. The Morgan fingerprint density at radius 2 is 1.79 bits per heavy atom. The monoisotopic (exact) mass is 251 g/mol. The molecule has 2 N–H and O–H groups in total. The van der Waals surface area contributed by atoms with Crippen molar-refractivity contribution in [3.8, 4) is 0 Å². The van der Waals surface area contributed by atoms with Crippen molar-refractivity contribution < 1.29 is 0 Å². The summed E-state index contributed by atoms with van der Waals surface area (Å²) < 4.78 is 1.69. The van der Waals surface area contributed by atoms with Crippen LogP contribution in [0.4, 0.5) is 5.69 Å². The van der Waals surface area contributed by atoms with Crippen molar-refractivity contribution in [3.63, 3.8) is 0 Å². The largest absolute Gasteiger partial charge is 0.398 e. The Labute approximate surface area is 110 Å². The van der Waals surface area contributed by atoms with Crippen LogP contribution in [0.2, 0.25) is 0 Å². The molecule has 0 aliphatic rings. The molecular weight excluding hydrogens is 238 g/mol. The summed E-state index contributed by atoms with van der Waals surface area (Å²) in [4.78, 5) is 16.1. The molecule has 0 spiro atoms. The number of hydrogen-bond donors (Lipinski definition) is 1. The maximum Gasteiger partial charge on any atom is 0.269 e. The Hall–Kier alpha value is -2.62. The van der Waals surface area contributed by atoms with Crippen molar-refractivity contribution in [1.82, 2.24) is 9.55 Å². The van der Waals surface area contributed by atoms with Crippen molar-refractivity contribution in [2.45, 2.75) is 6.54 Å². The van der Waals surface area contributed by atoms with Gasteiger partial charge in [0.25, 0.3) is 5.56 Å². The van der Waals surface area contributed by atoms with Crippen LogP contribution in [-0.4, -0.2) is 9.55 Å². The minimum Gasteiger partial charge on any atom is -0.398 e.